The molecular weight excluding hydrogens is 266 g/mol. The molecule has 1 saturated heterocycles. The van der Waals surface area contributed by atoms with E-state index in [2.05, 4.69) is 9.88 Å². The van der Waals surface area contributed by atoms with E-state index < -0.39 is 0 Å². The Morgan fingerprint density at radius 1 is 1.14 bits per heavy atom. The Hall–Kier alpha value is -2.01. The van der Waals surface area contributed by atoms with E-state index in [9.17, 15) is 9.59 Å². The van der Waals surface area contributed by atoms with Crippen LogP contribution in [0.1, 0.15) is 45.8 Å². The standard InChI is InChI=1S/C16H19N3O2/c1-10-5-6-11-14(18-10)16(21)13(17)12(15(11)20)9-19-7-3-2-4-8-19/h5-6H,2-4,7-9,17H2,1H3. The summed E-state index contributed by atoms with van der Waals surface area (Å²) in [7, 11) is 0. The highest BCUT2D eigenvalue weighted by Crippen LogP contribution is 2.24. The topological polar surface area (TPSA) is 76.3 Å². The first-order valence-electron chi connectivity index (χ1n) is 7.36. The molecule has 0 aromatic carbocycles. The smallest absolute Gasteiger partial charge is 0.228 e. The average Bonchev–Trinajstić information content (AvgIpc) is 2.50. The molecule has 1 aliphatic heterocycles. The molecule has 2 N–H and O–H groups in total. The van der Waals surface area contributed by atoms with Gasteiger partial charge >= 0.3 is 0 Å². The lowest BCUT2D eigenvalue weighted by atomic mass is 9.90. The van der Waals surface area contributed by atoms with Crippen LogP contribution >= 0.6 is 0 Å². The molecule has 0 saturated carbocycles. The summed E-state index contributed by atoms with van der Waals surface area (Å²) in [5.74, 6) is -0.472. The van der Waals surface area contributed by atoms with Gasteiger partial charge in [-0.05, 0) is 45.0 Å². The van der Waals surface area contributed by atoms with Crippen LogP contribution in [0.3, 0.4) is 0 Å². The number of carbonyl (C=O) groups is 2. The average molecular weight is 285 g/mol. The van der Waals surface area contributed by atoms with E-state index in [0.717, 1.165) is 25.9 Å². The van der Waals surface area contributed by atoms with Crippen LogP contribution in [0.4, 0.5) is 0 Å². The van der Waals surface area contributed by atoms with E-state index in [0.29, 0.717) is 23.4 Å². The van der Waals surface area contributed by atoms with Gasteiger partial charge in [0.1, 0.15) is 5.69 Å². The maximum atomic E-state index is 12.6. The maximum Gasteiger partial charge on any atom is 0.228 e. The normalized spacial score (nSPS) is 19.9. The molecule has 110 valence electrons. The molecule has 0 atom stereocenters. The van der Waals surface area contributed by atoms with Crippen LogP contribution < -0.4 is 5.73 Å². The minimum absolute atomic E-state index is 0.0659. The summed E-state index contributed by atoms with van der Waals surface area (Å²) < 4.78 is 0. The second kappa shape index (κ2) is 5.41. The number of pyridine rings is 1. The second-order valence-electron chi connectivity index (χ2n) is 5.74. The number of piperidine rings is 1. The first-order chi connectivity index (χ1) is 10.1. The van der Waals surface area contributed by atoms with Crippen LogP contribution in [0.15, 0.2) is 23.4 Å². The number of allylic oxidation sites excluding steroid dienone is 1. The van der Waals surface area contributed by atoms with Gasteiger partial charge in [0.15, 0.2) is 5.78 Å². The van der Waals surface area contributed by atoms with E-state index in [4.69, 9.17) is 5.73 Å². The van der Waals surface area contributed by atoms with Gasteiger partial charge in [-0.2, -0.15) is 0 Å². The number of aromatic nitrogens is 1. The molecule has 0 amide bonds. The summed E-state index contributed by atoms with van der Waals surface area (Å²) >= 11 is 0. The number of nitrogens with zero attached hydrogens (tertiary/aromatic N) is 2. The van der Waals surface area contributed by atoms with Gasteiger partial charge in [-0.3, -0.25) is 14.5 Å². The highest BCUT2D eigenvalue weighted by molar-refractivity contribution is 6.25. The zero-order valence-corrected chi connectivity index (χ0v) is 12.2. The van der Waals surface area contributed by atoms with Crippen LogP contribution in [-0.4, -0.2) is 41.1 Å². The third kappa shape index (κ3) is 2.49. The van der Waals surface area contributed by atoms with Crippen molar-refractivity contribution in [2.24, 2.45) is 5.73 Å². The monoisotopic (exact) mass is 285 g/mol. The fourth-order valence-electron chi connectivity index (χ4n) is 2.96. The Bertz CT molecular complexity index is 643. The van der Waals surface area contributed by atoms with E-state index >= 15 is 0 Å². The largest absolute Gasteiger partial charge is 0.395 e. The fraction of sp³-hybridized carbons (Fsp3) is 0.438. The van der Waals surface area contributed by atoms with Gasteiger partial charge in [0, 0.05) is 17.8 Å². The number of carbonyl (C=O) groups excluding carboxylic acids is 2. The Morgan fingerprint density at radius 3 is 2.57 bits per heavy atom. The maximum absolute atomic E-state index is 12.6. The highest BCUT2D eigenvalue weighted by Gasteiger charge is 2.32. The number of Topliss-reactive ketones (excluding diaryl/α,β-unsaturated/α-hetero) is 2. The third-order valence-electron chi connectivity index (χ3n) is 4.17. The van der Waals surface area contributed by atoms with Crippen LogP contribution in [0.25, 0.3) is 0 Å². The molecule has 2 aliphatic rings. The number of hydrogen-bond donors (Lipinski definition) is 1. The van der Waals surface area contributed by atoms with Gasteiger partial charge in [0.2, 0.25) is 5.78 Å². The summed E-state index contributed by atoms with van der Waals surface area (Å²) in [6.07, 6.45) is 3.49. The molecule has 1 aromatic heterocycles. The number of rotatable bonds is 2. The number of aryl methyl sites for hydroxylation is 1. The van der Waals surface area contributed by atoms with Crippen molar-refractivity contribution in [2.45, 2.75) is 26.2 Å². The lowest BCUT2D eigenvalue weighted by Gasteiger charge is -2.28. The third-order valence-corrected chi connectivity index (χ3v) is 4.17. The summed E-state index contributed by atoms with van der Waals surface area (Å²) in [6.45, 7) is 4.17. The molecule has 0 radical (unpaired) electrons. The van der Waals surface area contributed by atoms with E-state index in [1.54, 1.807) is 19.1 Å². The summed E-state index contributed by atoms with van der Waals surface area (Å²) in [4.78, 5) is 31.3. The van der Waals surface area contributed by atoms with E-state index in [-0.39, 0.29) is 23.0 Å². The van der Waals surface area contributed by atoms with Crippen LogP contribution in [0.2, 0.25) is 0 Å². The zero-order chi connectivity index (χ0) is 15.0. The van der Waals surface area contributed by atoms with Crippen molar-refractivity contribution in [2.75, 3.05) is 19.6 Å². The van der Waals surface area contributed by atoms with Gasteiger partial charge in [0.05, 0.1) is 11.3 Å². The number of likely N-dealkylation sites (tertiary alicyclic amines) is 1. The summed E-state index contributed by atoms with van der Waals surface area (Å²) in [5, 5.41) is 0. The van der Waals surface area contributed by atoms with Crippen molar-refractivity contribution in [3.8, 4) is 0 Å². The number of hydrogen-bond acceptors (Lipinski definition) is 5. The molecule has 0 bridgehead atoms. The first kappa shape index (κ1) is 13.9. The van der Waals surface area contributed by atoms with Gasteiger partial charge < -0.3 is 5.73 Å². The van der Waals surface area contributed by atoms with E-state index in [1.807, 2.05) is 0 Å². The van der Waals surface area contributed by atoms with Crippen molar-refractivity contribution in [3.05, 3.63) is 40.4 Å². The molecule has 5 nitrogen and oxygen atoms in total. The molecule has 1 fully saturated rings. The summed E-state index contributed by atoms with van der Waals surface area (Å²) in [5.41, 5.74) is 7.72. The Morgan fingerprint density at radius 2 is 1.86 bits per heavy atom. The first-order valence-corrected chi connectivity index (χ1v) is 7.36. The predicted molar refractivity (Wildman–Crippen MR) is 79.1 cm³/mol. The van der Waals surface area contributed by atoms with Crippen molar-refractivity contribution in [3.63, 3.8) is 0 Å². The zero-order valence-electron chi connectivity index (χ0n) is 12.2. The Kier molecular flexibility index (Phi) is 3.59. The Labute approximate surface area is 123 Å². The fourth-order valence-corrected chi connectivity index (χ4v) is 2.96. The van der Waals surface area contributed by atoms with Crippen molar-refractivity contribution in [1.82, 2.24) is 9.88 Å². The Balaban J connectivity index is 1.94. The quantitative estimate of drug-likeness (QED) is 0.890. The molecule has 21 heavy (non-hydrogen) atoms. The minimum Gasteiger partial charge on any atom is -0.395 e. The predicted octanol–water partition coefficient (Wildman–Crippen LogP) is 1.47. The van der Waals surface area contributed by atoms with Gasteiger partial charge in [0.25, 0.3) is 0 Å². The minimum atomic E-state index is -0.319. The SMILES string of the molecule is Cc1ccc2c(n1)C(=O)C(N)=C(CN1CCCCC1)C2=O. The van der Waals surface area contributed by atoms with E-state index in [1.165, 1.54) is 6.42 Å². The molecule has 3 rings (SSSR count). The van der Waals surface area contributed by atoms with Gasteiger partial charge in [-0.25, -0.2) is 4.98 Å². The lowest BCUT2D eigenvalue weighted by Crippen LogP contribution is -2.37. The highest BCUT2D eigenvalue weighted by atomic mass is 16.1. The van der Waals surface area contributed by atoms with Crippen LogP contribution in [-0.2, 0) is 0 Å². The molecule has 0 spiro atoms. The van der Waals surface area contributed by atoms with Crippen molar-refractivity contribution in [1.29, 1.82) is 0 Å². The summed E-state index contributed by atoms with van der Waals surface area (Å²) in [6, 6.07) is 3.44. The van der Waals surface area contributed by atoms with Crippen molar-refractivity contribution < 1.29 is 9.59 Å². The van der Waals surface area contributed by atoms with Gasteiger partial charge in [-0.1, -0.05) is 6.42 Å². The second-order valence-corrected chi connectivity index (χ2v) is 5.74. The molecule has 5 heteroatoms. The number of nitrogens with two attached hydrogens (primary N) is 1. The van der Waals surface area contributed by atoms with Gasteiger partial charge in [-0.15, -0.1) is 0 Å². The molecule has 1 aromatic rings. The lowest BCUT2D eigenvalue weighted by molar-refractivity contribution is 0.0959. The van der Waals surface area contributed by atoms with Crippen LogP contribution in [0, 0.1) is 6.92 Å². The molecule has 1 aliphatic carbocycles. The van der Waals surface area contributed by atoms with Crippen LogP contribution in [0.5, 0.6) is 0 Å². The molecular formula is C16H19N3O2. The number of fused-ring (bicyclic) bond motifs is 1. The number of ketones is 2. The molecule has 2 heterocycles. The molecule has 0 unspecified atom stereocenters. The van der Waals surface area contributed by atoms with Crippen molar-refractivity contribution >= 4 is 11.6 Å².